The van der Waals surface area contributed by atoms with Crippen molar-refractivity contribution in [1.82, 2.24) is 0 Å². The first-order chi connectivity index (χ1) is 26.7. The molecular formula is C52H33NS. The van der Waals surface area contributed by atoms with E-state index >= 15 is 0 Å². The normalized spacial score (nSPS) is 11.7. The first-order valence-corrected chi connectivity index (χ1v) is 19.3. The van der Waals surface area contributed by atoms with Crippen LogP contribution in [0, 0.1) is 0 Å². The van der Waals surface area contributed by atoms with Gasteiger partial charge in [0.15, 0.2) is 0 Å². The molecule has 1 heterocycles. The summed E-state index contributed by atoms with van der Waals surface area (Å²) in [4.78, 5) is 2.46. The predicted octanol–water partition coefficient (Wildman–Crippen LogP) is 15.5. The molecule has 54 heavy (non-hydrogen) atoms. The Morgan fingerprint density at radius 2 is 0.926 bits per heavy atom. The summed E-state index contributed by atoms with van der Waals surface area (Å²) >= 11 is 1.87. The molecule has 0 aliphatic carbocycles. The van der Waals surface area contributed by atoms with Crippen LogP contribution in [0.4, 0.5) is 17.1 Å². The molecule has 0 spiro atoms. The Morgan fingerprint density at radius 3 is 1.78 bits per heavy atom. The van der Waals surface area contributed by atoms with Crippen LogP contribution in [0.3, 0.4) is 0 Å². The van der Waals surface area contributed by atoms with Gasteiger partial charge in [-0.05, 0) is 120 Å². The molecule has 0 N–H and O–H groups in total. The molecule has 0 bridgehead atoms. The minimum atomic E-state index is 1.11. The Balaban J connectivity index is 1.15. The van der Waals surface area contributed by atoms with E-state index in [9.17, 15) is 0 Å². The number of hydrogen-bond acceptors (Lipinski definition) is 2. The topological polar surface area (TPSA) is 3.24 Å². The van der Waals surface area contributed by atoms with Gasteiger partial charge in [-0.2, -0.15) is 0 Å². The fourth-order valence-corrected chi connectivity index (χ4v) is 9.51. The van der Waals surface area contributed by atoms with Gasteiger partial charge in [-0.25, -0.2) is 0 Å². The van der Waals surface area contributed by atoms with E-state index in [2.05, 4.69) is 205 Å². The van der Waals surface area contributed by atoms with Gasteiger partial charge in [-0.15, -0.1) is 11.3 Å². The maximum absolute atomic E-state index is 2.46. The first kappa shape index (κ1) is 30.8. The minimum absolute atomic E-state index is 1.11. The molecule has 0 amide bonds. The molecule has 10 aromatic carbocycles. The van der Waals surface area contributed by atoms with E-state index < -0.39 is 0 Å². The molecule has 0 saturated heterocycles. The van der Waals surface area contributed by atoms with Crippen molar-refractivity contribution in [3.63, 3.8) is 0 Å². The van der Waals surface area contributed by atoms with E-state index in [1.807, 2.05) is 11.3 Å². The van der Waals surface area contributed by atoms with Gasteiger partial charge in [0.2, 0.25) is 0 Å². The Hall–Kier alpha value is -6.74. The van der Waals surface area contributed by atoms with Crippen molar-refractivity contribution in [2.75, 3.05) is 4.90 Å². The Morgan fingerprint density at radius 1 is 0.296 bits per heavy atom. The standard InChI is InChI=1S/C52H33NS/c1-2-13-35-28-40(25-24-34(35)12-1)44-20-9-10-23-50(44)53(42-26-27-51-49(33-42)48-30-36-14-3-4-15-37(36)32-52(48)54-51)41-18-11-17-38(29-41)47-31-39-16-5-6-19-43(39)45-21-7-8-22-46(45)47/h1-33H. The number of fused-ring (bicyclic) bond motifs is 8. The van der Waals surface area contributed by atoms with Crippen LogP contribution in [0.25, 0.3) is 85.5 Å². The van der Waals surface area contributed by atoms with Crippen LogP contribution >= 0.6 is 11.3 Å². The third kappa shape index (κ3) is 5.07. The fourth-order valence-electron chi connectivity index (χ4n) is 8.39. The van der Waals surface area contributed by atoms with Crippen LogP contribution in [0.1, 0.15) is 0 Å². The number of benzene rings is 10. The van der Waals surface area contributed by atoms with Crippen LogP contribution in [-0.2, 0) is 0 Å². The summed E-state index contributed by atoms with van der Waals surface area (Å²) in [5.41, 5.74) is 8.19. The van der Waals surface area contributed by atoms with Crippen molar-refractivity contribution in [2.45, 2.75) is 0 Å². The molecule has 0 aliphatic heterocycles. The zero-order valence-electron chi connectivity index (χ0n) is 29.4. The fraction of sp³-hybridized carbons (Fsp3) is 0. The van der Waals surface area contributed by atoms with Crippen LogP contribution in [0.2, 0.25) is 0 Å². The molecule has 252 valence electrons. The summed E-state index contributed by atoms with van der Waals surface area (Å²) in [6, 6.07) is 73.7. The predicted molar refractivity (Wildman–Crippen MR) is 235 cm³/mol. The molecule has 0 radical (unpaired) electrons. The Bertz CT molecular complexity index is 3240. The molecule has 1 aromatic heterocycles. The van der Waals surface area contributed by atoms with Gasteiger partial charge in [-0.1, -0.05) is 140 Å². The van der Waals surface area contributed by atoms with E-state index in [0.29, 0.717) is 0 Å². The van der Waals surface area contributed by atoms with Crippen molar-refractivity contribution in [3.8, 4) is 22.3 Å². The number of hydrogen-bond donors (Lipinski definition) is 0. The van der Waals surface area contributed by atoms with Gasteiger partial charge in [0.25, 0.3) is 0 Å². The highest BCUT2D eigenvalue weighted by Gasteiger charge is 2.20. The molecule has 0 aliphatic rings. The van der Waals surface area contributed by atoms with Crippen molar-refractivity contribution >= 4 is 91.7 Å². The van der Waals surface area contributed by atoms with Gasteiger partial charge in [0, 0.05) is 37.1 Å². The summed E-state index contributed by atoms with van der Waals surface area (Å²) in [7, 11) is 0. The van der Waals surface area contributed by atoms with E-state index in [-0.39, 0.29) is 0 Å². The molecule has 2 heteroatoms. The average molecular weight is 704 g/mol. The lowest BCUT2D eigenvalue weighted by Gasteiger charge is -2.28. The lowest BCUT2D eigenvalue weighted by Crippen LogP contribution is -2.11. The van der Waals surface area contributed by atoms with Crippen molar-refractivity contribution in [1.29, 1.82) is 0 Å². The highest BCUT2D eigenvalue weighted by molar-refractivity contribution is 7.25. The maximum Gasteiger partial charge on any atom is 0.0540 e. The second-order valence-corrected chi connectivity index (χ2v) is 15.2. The first-order valence-electron chi connectivity index (χ1n) is 18.5. The van der Waals surface area contributed by atoms with Crippen molar-refractivity contribution in [2.24, 2.45) is 0 Å². The summed E-state index contributed by atoms with van der Waals surface area (Å²) in [6.45, 7) is 0. The van der Waals surface area contributed by atoms with Gasteiger partial charge < -0.3 is 4.90 Å². The van der Waals surface area contributed by atoms with Crippen molar-refractivity contribution in [3.05, 3.63) is 200 Å². The van der Waals surface area contributed by atoms with Gasteiger partial charge in [0.1, 0.15) is 0 Å². The van der Waals surface area contributed by atoms with E-state index in [4.69, 9.17) is 0 Å². The molecule has 1 nitrogen and oxygen atoms in total. The third-order valence-electron chi connectivity index (χ3n) is 11.0. The highest BCUT2D eigenvalue weighted by Crippen LogP contribution is 2.46. The van der Waals surface area contributed by atoms with Crippen LogP contribution in [0.15, 0.2) is 200 Å². The number of anilines is 3. The Kier molecular flexibility index (Phi) is 7.11. The van der Waals surface area contributed by atoms with E-state index in [1.165, 1.54) is 85.5 Å². The van der Waals surface area contributed by atoms with Gasteiger partial charge >= 0.3 is 0 Å². The summed E-state index contributed by atoms with van der Waals surface area (Å²) in [5.74, 6) is 0. The van der Waals surface area contributed by atoms with E-state index in [1.54, 1.807) is 0 Å². The van der Waals surface area contributed by atoms with Crippen LogP contribution in [-0.4, -0.2) is 0 Å². The number of para-hydroxylation sites is 1. The summed E-state index contributed by atoms with van der Waals surface area (Å²) in [5, 5.41) is 12.7. The smallest absolute Gasteiger partial charge is 0.0540 e. The SMILES string of the molecule is c1cc(-c2cc3ccccc3c3ccccc23)cc(N(c2ccc3sc4cc5ccccc5cc4c3c2)c2ccccc2-c2ccc3ccccc3c2)c1. The third-order valence-corrected chi connectivity index (χ3v) is 12.1. The number of rotatable bonds is 5. The lowest BCUT2D eigenvalue weighted by atomic mass is 9.93. The summed E-state index contributed by atoms with van der Waals surface area (Å²) in [6.07, 6.45) is 0. The number of thiophene rings is 1. The molecule has 0 fully saturated rings. The van der Waals surface area contributed by atoms with Crippen LogP contribution in [0.5, 0.6) is 0 Å². The lowest BCUT2D eigenvalue weighted by molar-refractivity contribution is 1.29. The van der Waals surface area contributed by atoms with Crippen LogP contribution < -0.4 is 4.90 Å². The second-order valence-electron chi connectivity index (χ2n) is 14.1. The van der Waals surface area contributed by atoms with E-state index in [0.717, 1.165) is 17.1 Å². The average Bonchev–Trinajstić information content (AvgIpc) is 3.59. The zero-order valence-corrected chi connectivity index (χ0v) is 30.2. The number of nitrogens with zero attached hydrogens (tertiary/aromatic N) is 1. The van der Waals surface area contributed by atoms with Gasteiger partial charge in [0.05, 0.1) is 5.69 Å². The zero-order chi connectivity index (χ0) is 35.6. The monoisotopic (exact) mass is 703 g/mol. The molecule has 11 rings (SSSR count). The quantitative estimate of drug-likeness (QED) is 0.161. The molecular weight excluding hydrogens is 671 g/mol. The molecule has 0 saturated carbocycles. The largest absolute Gasteiger partial charge is 0.310 e. The molecule has 0 atom stereocenters. The molecule has 11 aromatic rings. The second kappa shape index (κ2) is 12.4. The minimum Gasteiger partial charge on any atom is -0.310 e. The molecule has 0 unspecified atom stereocenters. The van der Waals surface area contributed by atoms with Gasteiger partial charge in [-0.3, -0.25) is 0 Å². The maximum atomic E-state index is 2.46. The summed E-state index contributed by atoms with van der Waals surface area (Å²) < 4.78 is 2.61. The Labute approximate surface area is 317 Å². The highest BCUT2D eigenvalue weighted by atomic mass is 32.1. The van der Waals surface area contributed by atoms with Crippen molar-refractivity contribution < 1.29 is 0 Å².